The fourth-order valence-corrected chi connectivity index (χ4v) is 4.71. The lowest BCUT2D eigenvalue weighted by Gasteiger charge is -2.33. The number of amides is 2. The zero-order chi connectivity index (χ0) is 26.9. The first-order chi connectivity index (χ1) is 17.0. The topological polar surface area (TPSA) is 105 Å². The van der Waals surface area contributed by atoms with E-state index in [0.717, 1.165) is 16.1 Å². The minimum Gasteiger partial charge on any atom is -0.493 e. The van der Waals surface area contributed by atoms with Crippen LogP contribution in [0.1, 0.15) is 32.8 Å². The van der Waals surface area contributed by atoms with Gasteiger partial charge in [-0.1, -0.05) is 37.3 Å². The average molecular weight is 520 g/mol. The van der Waals surface area contributed by atoms with Gasteiger partial charge < -0.3 is 19.7 Å². The summed E-state index contributed by atoms with van der Waals surface area (Å²) in [4.78, 5) is 28.1. The highest BCUT2D eigenvalue weighted by atomic mass is 32.2. The van der Waals surface area contributed by atoms with Crippen LogP contribution in [0.5, 0.6) is 11.5 Å². The molecule has 0 saturated carbocycles. The third kappa shape index (κ3) is 7.87. The zero-order valence-electron chi connectivity index (χ0n) is 21.9. The van der Waals surface area contributed by atoms with Crippen molar-refractivity contribution in [1.29, 1.82) is 0 Å². The first kappa shape index (κ1) is 29.0. The molecule has 0 aliphatic rings. The Morgan fingerprint density at radius 2 is 1.64 bits per heavy atom. The molecule has 0 fully saturated rings. The highest BCUT2D eigenvalue weighted by Crippen LogP contribution is 2.32. The SMILES string of the molecule is CC[C@@H](C(=O)NC(C)C)N(CCc1ccccc1)C(=O)CN(c1ccc(OC)c(OC)c1)S(C)(=O)=O. The van der Waals surface area contributed by atoms with E-state index in [0.29, 0.717) is 24.3 Å². The van der Waals surface area contributed by atoms with Gasteiger partial charge in [0.25, 0.3) is 0 Å². The molecule has 0 bridgehead atoms. The maximum Gasteiger partial charge on any atom is 0.244 e. The van der Waals surface area contributed by atoms with E-state index in [-0.39, 0.29) is 24.2 Å². The van der Waals surface area contributed by atoms with Crippen LogP contribution >= 0.6 is 0 Å². The number of sulfonamides is 1. The second-order valence-corrected chi connectivity index (χ2v) is 10.6. The Bertz CT molecular complexity index is 1120. The number of carbonyl (C=O) groups is 2. The van der Waals surface area contributed by atoms with Crippen molar-refractivity contribution >= 4 is 27.5 Å². The van der Waals surface area contributed by atoms with Crippen LogP contribution in [0.15, 0.2) is 48.5 Å². The standard InChI is InChI=1S/C26H37N3O6S/c1-7-22(26(31)27-19(2)3)28(16-15-20-11-9-8-10-12-20)25(30)18-29(36(6,32)33)21-13-14-23(34-4)24(17-21)35-5/h8-14,17,19,22H,7,15-16,18H2,1-6H3,(H,27,31)/t22-/m0/s1. The first-order valence-corrected chi connectivity index (χ1v) is 13.7. The number of ether oxygens (including phenoxy) is 2. The second-order valence-electron chi connectivity index (χ2n) is 8.72. The largest absolute Gasteiger partial charge is 0.493 e. The molecule has 2 aromatic rings. The number of anilines is 1. The number of hydrogen-bond acceptors (Lipinski definition) is 6. The van der Waals surface area contributed by atoms with Gasteiger partial charge in [0, 0.05) is 18.7 Å². The van der Waals surface area contributed by atoms with Crippen molar-refractivity contribution in [1.82, 2.24) is 10.2 Å². The fourth-order valence-electron chi connectivity index (χ4n) is 3.87. The normalized spacial score (nSPS) is 12.1. The molecule has 9 nitrogen and oxygen atoms in total. The number of nitrogens with one attached hydrogen (secondary N) is 1. The summed E-state index contributed by atoms with van der Waals surface area (Å²) in [5, 5.41) is 2.88. The molecular formula is C26H37N3O6S. The number of benzene rings is 2. The molecule has 0 aliphatic heterocycles. The molecule has 0 radical (unpaired) electrons. The Balaban J connectivity index is 2.41. The summed E-state index contributed by atoms with van der Waals surface area (Å²) >= 11 is 0. The lowest BCUT2D eigenvalue weighted by atomic mass is 10.1. The maximum atomic E-state index is 13.6. The van der Waals surface area contributed by atoms with E-state index in [2.05, 4.69) is 5.32 Å². The Hall–Kier alpha value is -3.27. The zero-order valence-corrected chi connectivity index (χ0v) is 22.7. The van der Waals surface area contributed by atoms with Gasteiger partial charge in [0.2, 0.25) is 21.8 Å². The molecule has 10 heteroatoms. The summed E-state index contributed by atoms with van der Waals surface area (Å²) in [5.74, 6) is 0.0181. The Morgan fingerprint density at radius 1 is 1.00 bits per heavy atom. The molecule has 0 aromatic heterocycles. The van der Waals surface area contributed by atoms with Crippen molar-refractivity contribution in [3.05, 3.63) is 54.1 Å². The third-order valence-electron chi connectivity index (χ3n) is 5.64. The van der Waals surface area contributed by atoms with Gasteiger partial charge in [0.05, 0.1) is 26.2 Å². The maximum absolute atomic E-state index is 13.6. The van der Waals surface area contributed by atoms with Crippen LogP contribution in [0.2, 0.25) is 0 Å². The van der Waals surface area contributed by atoms with Gasteiger partial charge in [0.15, 0.2) is 11.5 Å². The summed E-state index contributed by atoms with van der Waals surface area (Å²) < 4.78 is 37.1. The van der Waals surface area contributed by atoms with Crippen LogP contribution in [0.25, 0.3) is 0 Å². The molecule has 0 spiro atoms. The molecule has 2 aromatic carbocycles. The highest BCUT2D eigenvalue weighted by Gasteiger charge is 2.32. The van der Waals surface area contributed by atoms with Crippen LogP contribution in [-0.4, -0.2) is 70.8 Å². The van der Waals surface area contributed by atoms with Gasteiger partial charge in [-0.2, -0.15) is 0 Å². The summed E-state index contributed by atoms with van der Waals surface area (Å²) in [6.45, 7) is 5.33. The summed E-state index contributed by atoms with van der Waals surface area (Å²) in [5.41, 5.74) is 1.26. The van der Waals surface area contributed by atoms with E-state index in [4.69, 9.17) is 9.47 Å². The second kappa shape index (κ2) is 13.2. The lowest BCUT2D eigenvalue weighted by Crippen LogP contribution is -2.54. The number of rotatable bonds is 13. The van der Waals surface area contributed by atoms with Crippen molar-refractivity contribution in [2.24, 2.45) is 0 Å². The Kier molecular flexibility index (Phi) is 10.6. The molecule has 2 amide bonds. The smallest absolute Gasteiger partial charge is 0.244 e. The van der Waals surface area contributed by atoms with Gasteiger partial charge in [-0.05, 0) is 44.4 Å². The van der Waals surface area contributed by atoms with E-state index in [9.17, 15) is 18.0 Å². The van der Waals surface area contributed by atoms with Gasteiger partial charge in [-0.15, -0.1) is 0 Å². The monoisotopic (exact) mass is 519 g/mol. The van der Waals surface area contributed by atoms with E-state index in [1.54, 1.807) is 12.1 Å². The van der Waals surface area contributed by atoms with Crippen LogP contribution in [-0.2, 0) is 26.0 Å². The fraction of sp³-hybridized carbons (Fsp3) is 0.462. The molecule has 0 heterocycles. The molecule has 1 atom stereocenters. The molecular weight excluding hydrogens is 482 g/mol. The van der Waals surface area contributed by atoms with Gasteiger partial charge in [-0.25, -0.2) is 8.42 Å². The van der Waals surface area contributed by atoms with Crippen molar-refractivity contribution in [3.8, 4) is 11.5 Å². The number of methoxy groups -OCH3 is 2. The summed E-state index contributed by atoms with van der Waals surface area (Å²) in [6, 6.07) is 13.4. The van der Waals surface area contributed by atoms with Crippen molar-refractivity contribution < 1.29 is 27.5 Å². The molecule has 2 rings (SSSR count). The van der Waals surface area contributed by atoms with Crippen molar-refractivity contribution in [2.75, 3.05) is 37.9 Å². The quantitative estimate of drug-likeness (QED) is 0.436. The molecule has 0 unspecified atom stereocenters. The Labute approximate surface area is 214 Å². The van der Waals surface area contributed by atoms with Crippen LogP contribution in [0.4, 0.5) is 5.69 Å². The molecule has 0 saturated heterocycles. The lowest BCUT2D eigenvalue weighted by molar-refractivity contribution is -0.139. The Morgan fingerprint density at radius 3 is 2.17 bits per heavy atom. The predicted octanol–water partition coefficient (Wildman–Crippen LogP) is 2.84. The molecule has 1 N–H and O–H groups in total. The van der Waals surface area contributed by atoms with Crippen LogP contribution in [0.3, 0.4) is 0 Å². The average Bonchev–Trinajstić information content (AvgIpc) is 2.83. The van der Waals surface area contributed by atoms with Crippen molar-refractivity contribution in [2.45, 2.75) is 45.7 Å². The van der Waals surface area contributed by atoms with Gasteiger partial charge in [0.1, 0.15) is 12.6 Å². The van der Waals surface area contributed by atoms with E-state index < -0.39 is 28.5 Å². The minimum absolute atomic E-state index is 0.100. The van der Waals surface area contributed by atoms with Crippen LogP contribution < -0.4 is 19.1 Å². The minimum atomic E-state index is -3.84. The van der Waals surface area contributed by atoms with E-state index >= 15 is 0 Å². The highest BCUT2D eigenvalue weighted by molar-refractivity contribution is 7.92. The molecule has 0 aliphatic carbocycles. The van der Waals surface area contributed by atoms with E-state index in [1.165, 1.54) is 25.2 Å². The number of nitrogens with zero attached hydrogens (tertiary/aromatic N) is 2. The third-order valence-corrected chi connectivity index (χ3v) is 6.78. The number of hydrogen-bond donors (Lipinski definition) is 1. The molecule has 198 valence electrons. The predicted molar refractivity (Wildman–Crippen MR) is 141 cm³/mol. The van der Waals surface area contributed by atoms with Gasteiger partial charge in [-0.3, -0.25) is 13.9 Å². The first-order valence-electron chi connectivity index (χ1n) is 11.8. The van der Waals surface area contributed by atoms with Crippen molar-refractivity contribution in [3.63, 3.8) is 0 Å². The summed E-state index contributed by atoms with van der Waals surface area (Å²) in [6.07, 6.45) is 1.94. The molecule has 36 heavy (non-hydrogen) atoms. The van der Waals surface area contributed by atoms with Crippen LogP contribution in [0, 0.1) is 0 Å². The summed E-state index contributed by atoms with van der Waals surface area (Å²) in [7, 11) is -0.915. The van der Waals surface area contributed by atoms with E-state index in [1.807, 2.05) is 51.1 Å². The van der Waals surface area contributed by atoms with Gasteiger partial charge >= 0.3 is 0 Å². The number of carbonyl (C=O) groups excluding carboxylic acids is 2.